The van der Waals surface area contributed by atoms with Gasteiger partial charge in [0.05, 0.1) is 6.10 Å². The molecule has 1 saturated carbocycles. The highest BCUT2D eigenvalue weighted by molar-refractivity contribution is 4.84. The second-order valence-electron chi connectivity index (χ2n) is 6.16. The molecule has 0 aromatic heterocycles. The van der Waals surface area contributed by atoms with Gasteiger partial charge in [0.15, 0.2) is 0 Å². The van der Waals surface area contributed by atoms with E-state index in [1.165, 1.54) is 19.3 Å². The summed E-state index contributed by atoms with van der Waals surface area (Å²) in [5.41, 5.74) is 0. The Morgan fingerprint density at radius 3 is 1.94 bits per heavy atom. The predicted molar refractivity (Wildman–Crippen MR) is 69.5 cm³/mol. The molecule has 0 heterocycles. The molecule has 16 heavy (non-hydrogen) atoms. The van der Waals surface area contributed by atoms with Gasteiger partial charge < -0.3 is 5.11 Å². The van der Waals surface area contributed by atoms with Crippen LogP contribution in [0.15, 0.2) is 0 Å². The van der Waals surface area contributed by atoms with E-state index in [-0.39, 0.29) is 6.10 Å². The third-order valence-electron chi connectivity index (χ3n) is 3.36. The summed E-state index contributed by atoms with van der Waals surface area (Å²) in [5.74, 6) is 1.38. The van der Waals surface area contributed by atoms with Gasteiger partial charge in [-0.05, 0) is 24.7 Å². The van der Waals surface area contributed by atoms with Crippen LogP contribution in [0.5, 0.6) is 0 Å². The van der Waals surface area contributed by atoms with Crippen LogP contribution in [0.2, 0.25) is 0 Å². The molecule has 0 unspecified atom stereocenters. The van der Waals surface area contributed by atoms with Gasteiger partial charge in [-0.3, -0.25) is 4.90 Å². The maximum absolute atomic E-state index is 10.1. The zero-order valence-corrected chi connectivity index (χ0v) is 11.4. The number of hydrogen-bond acceptors (Lipinski definition) is 2. The smallest absolute Gasteiger partial charge is 0.0695 e. The predicted octanol–water partition coefficient (Wildman–Crippen LogP) is 2.90. The van der Waals surface area contributed by atoms with Gasteiger partial charge in [-0.25, -0.2) is 0 Å². The Balaban J connectivity index is 2.58. The minimum Gasteiger partial charge on any atom is -0.391 e. The Morgan fingerprint density at radius 1 is 1.00 bits per heavy atom. The van der Waals surface area contributed by atoms with E-state index in [0.717, 1.165) is 19.5 Å². The van der Waals surface area contributed by atoms with E-state index >= 15 is 0 Å². The normalized spacial score (nSPS) is 27.0. The molecule has 0 aliphatic heterocycles. The first-order valence-corrected chi connectivity index (χ1v) is 6.92. The van der Waals surface area contributed by atoms with Gasteiger partial charge in [0.1, 0.15) is 0 Å². The van der Waals surface area contributed by atoms with Crippen molar-refractivity contribution in [1.82, 2.24) is 4.90 Å². The Bertz CT molecular complexity index is 181. The first-order chi connectivity index (χ1) is 7.50. The van der Waals surface area contributed by atoms with Crippen LogP contribution in [0.1, 0.15) is 53.4 Å². The Morgan fingerprint density at radius 2 is 1.50 bits per heavy atom. The van der Waals surface area contributed by atoms with Crippen LogP contribution in [-0.2, 0) is 0 Å². The summed E-state index contributed by atoms with van der Waals surface area (Å²) in [7, 11) is 0. The van der Waals surface area contributed by atoms with Crippen LogP contribution in [0, 0.1) is 11.8 Å². The van der Waals surface area contributed by atoms with Gasteiger partial charge in [0, 0.05) is 19.1 Å². The maximum Gasteiger partial charge on any atom is 0.0695 e. The molecule has 0 aromatic rings. The monoisotopic (exact) mass is 227 g/mol. The number of nitrogens with zero attached hydrogens (tertiary/aromatic N) is 1. The van der Waals surface area contributed by atoms with E-state index in [0.29, 0.717) is 17.9 Å². The number of aliphatic hydroxyl groups is 1. The zero-order chi connectivity index (χ0) is 12.1. The lowest BCUT2D eigenvalue weighted by Gasteiger charge is -2.39. The van der Waals surface area contributed by atoms with E-state index in [2.05, 4.69) is 32.6 Å². The summed E-state index contributed by atoms with van der Waals surface area (Å²) in [6.45, 7) is 11.3. The van der Waals surface area contributed by atoms with Crippen molar-refractivity contribution in [2.75, 3.05) is 13.1 Å². The molecule has 96 valence electrons. The lowest BCUT2D eigenvalue weighted by Crippen LogP contribution is -2.48. The summed E-state index contributed by atoms with van der Waals surface area (Å²) >= 11 is 0. The summed E-state index contributed by atoms with van der Waals surface area (Å²) in [4.78, 5) is 2.53. The van der Waals surface area contributed by atoms with E-state index < -0.39 is 0 Å². The maximum atomic E-state index is 10.1. The van der Waals surface area contributed by atoms with Crippen molar-refractivity contribution >= 4 is 0 Å². The Kier molecular flexibility index (Phi) is 5.77. The molecule has 1 aliphatic rings. The van der Waals surface area contributed by atoms with Gasteiger partial charge in [-0.15, -0.1) is 0 Å². The number of rotatable bonds is 5. The second kappa shape index (κ2) is 6.61. The lowest BCUT2D eigenvalue weighted by molar-refractivity contribution is 0.00934. The van der Waals surface area contributed by atoms with Gasteiger partial charge in [-0.1, -0.05) is 40.5 Å². The molecule has 1 fully saturated rings. The average Bonchev–Trinajstić information content (AvgIpc) is 2.15. The first kappa shape index (κ1) is 14.0. The summed E-state index contributed by atoms with van der Waals surface area (Å²) in [5, 5.41) is 10.1. The van der Waals surface area contributed by atoms with E-state index in [1.54, 1.807) is 0 Å². The third-order valence-corrected chi connectivity index (χ3v) is 3.36. The topological polar surface area (TPSA) is 23.5 Å². The Labute approximate surface area is 101 Å². The first-order valence-electron chi connectivity index (χ1n) is 6.92. The number of hydrogen-bond donors (Lipinski definition) is 1. The lowest BCUT2D eigenvalue weighted by atomic mass is 9.90. The molecule has 1 N–H and O–H groups in total. The zero-order valence-electron chi connectivity index (χ0n) is 11.4. The molecule has 0 aromatic carbocycles. The summed E-state index contributed by atoms with van der Waals surface area (Å²) in [6, 6.07) is 0.415. The Hall–Kier alpha value is -0.0800. The van der Waals surface area contributed by atoms with Crippen molar-refractivity contribution in [2.24, 2.45) is 11.8 Å². The molecule has 0 saturated heterocycles. The SMILES string of the molecule is CC(C)CN(CC(C)C)[C@H]1CCCC[C@@H]1O. The van der Waals surface area contributed by atoms with Crippen LogP contribution in [0.4, 0.5) is 0 Å². The van der Waals surface area contributed by atoms with Gasteiger partial charge >= 0.3 is 0 Å². The van der Waals surface area contributed by atoms with Crippen molar-refractivity contribution in [3.8, 4) is 0 Å². The third kappa shape index (κ3) is 4.42. The highest BCUT2D eigenvalue weighted by Crippen LogP contribution is 2.24. The van der Waals surface area contributed by atoms with E-state index in [1.807, 2.05) is 0 Å². The molecule has 0 radical (unpaired) electrons. The second-order valence-corrected chi connectivity index (χ2v) is 6.16. The molecule has 0 spiro atoms. The minimum absolute atomic E-state index is 0.0914. The van der Waals surface area contributed by atoms with Crippen LogP contribution < -0.4 is 0 Å². The van der Waals surface area contributed by atoms with Crippen molar-refractivity contribution < 1.29 is 5.11 Å². The van der Waals surface area contributed by atoms with E-state index in [4.69, 9.17) is 0 Å². The van der Waals surface area contributed by atoms with Crippen molar-refractivity contribution in [3.63, 3.8) is 0 Å². The molecule has 2 nitrogen and oxygen atoms in total. The average molecular weight is 227 g/mol. The molecule has 1 aliphatic carbocycles. The molecule has 0 bridgehead atoms. The van der Waals surface area contributed by atoms with Gasteiger partial charge in [0.25, 0.3) is 0 Å². The fourth-order valence-corrected chi connectivity index (χ4v) is 2.80. The fourth-order valence-electron chi connectivity index (χ4n) is 2.80. The van der Waals surface area contributed by atoms with Crippen molar-refractivity contribution in [2.45, 2.75) is 65.5 Å². The van der Waals surface area contributed by atoms with E-state index in [9.17, 15) is 5.11 Å². The minimum atomic E-state index is -0.0914. The molecular weight excluding hydrogens is 198 g/mol. The van der Waals surface area contributed by atoms with Gasteiger partial charge in [0.2, 0.25) is 0 Å². The van der Waals surface area contributed by atoms with Crippen LogP contribution in [-0.4, -0.2) is 35.2 Å². The molecule has 0 amide bonds. The van der Waals surface area contributed by atoms with Gasteiger partial charge in [-0.2, -0.15) is 0 Å². The highest BCUT2D eigenvalue weighted by Gasteiger charge is 2.29. The summed E-state index contributed by atoms with van der Waals surface area (Å²) < 4.78 is 0. The molecule has 1 rings (SSSR count). The van der Waals surface area contributed by atoms with Crippen molar-refractivity contribution in [3.05, 3.63) is 0 Å². The highest BCUT2D eigenvalue weighted by atomic mass is 16.3. The quantitative estimate of drug-likeness (QED) is 0.780. The largest absolute Gasteiger partial charge is 0.391 e. The number of aliphatic hydroxyl groups excluding tert-OH is 1. The van der Waals surface area contributed by atoms with Crippen LogP contribution in [0.3, 0.4) is 0 Å². The van der Waals surface area contributed by atoms with Crippen molar-refractivity contribution in [1.29, 1.82) is 0 Å². The summed E-state index contributed by atoms with van der Waals surface area (Å²) in [6.07, 6.45) is 4.58. The fraction of sp³-hybridized carbons (Fsp3) is 1.00. The van der Waals surface area contributed by atoms with Crippen LogP contribution >= 0.6 is 0 Å². The molecule has 2 atom stereocenters. The standard InChI is InChI=1S/C14H29NO/c1-11(2)9-15(10-12(3)4)13-7-5-6-8-14(13)16/h11-14,16H,5-10H2,1-4H3/t13-,14-/m0/s1. The molecular formula is C14H29NO. The van der Waals surface area contributed by atoms with Crippen LogP contribution in [0.25, 0.3) is 0 Å². The molecule has 2 heteroatoms.